The number of furan rings is 2. The molecule has 0 aliphatic carbocycles. The summed E-state index contributed by atoms with van der Waals surface area (Å²) in [7, 11) is 0. The van der Waals surface area contributed by atoms with Crippen LogP contribution in [0.15, 0.2) is 130 Å². The van der Waals surface area contributed by atoms with Crippen LogP contribution in [0.2, 0.25) is 0 Å². The van der Waals surface area contributed by atoms with Crippen LogP contribution in [0.5, 0.6) is 0 Å². The van der Waals surface area contributed by atoms with Crippen LogP contribution < -0.4 is 0 Å². The van der Waals surface area contributed by atoms with Crippen molar-refractivity contribution < 1.29 is 8.83 Å². The average Bonchev–Trinajstić information content (AvgIpc) is 3.52. The molecule has 7 rings (SSSR count). The molecule has 0 amide bonds. The van der Waals surface area contributed by atoms with E-state index in [1.54, 1.807) is 0 Å². The monoisotopic (exact) mass is 490 g/mol. The molecule has 0 spiro atoms. The molecule has 0 saturated heterocycles. The van der Waals surface area contributed by atoms with Crippen molar-refractivity contribution in [1.29, 1.82) is 0 Å². The van der Waals surface area contributed by atoms with Gasteiger partial charge in [-0.25, -0.2) is 0 Å². The van der Waals surface area contributed by atoms with Gasteiger partial charge in [0.05, 0.1) is 0 Å². The maximum atomic E-state index is 6.66. The molecular weight excluding hydrogens is 464 g/mol. The van der Waals surface area contributed by atoms with Crippen LogP contribution in [-0.4, -0.2) is 0 Å². The first-order chi connectivity index (χ1) is 18.7. The van der Waals surface area contributed by atoms with Gasteiger partial charge in [0.25, 0.3) is 0 Å². The van der Waals surface area contributed by atoms with Crippen molar-refractivity contribution >= 4 is 21.9 Å². The zero-order valence-electron chi connectivity index (χ0n) is 21.4. The van der Waals surface area contributed by atoms with E-state index in [-0.39, 0.29) is 0 Å². The number of benzene rings is 5. The smallest absolute Gasteiger partial charge is 0.143 e. The highest BCUT2D eigenvalue weighted by Crippen LogP contribution is 2.46. The quantitative estimate of drug-likeness (QED) is 0.245. The molecule has 0 atom stereocenters. The highest BCUT2D eigenvalue weighted by Gasteiger charge is 2.23. The van der Waals surface area contributed by atoms with Crippen molar-refractivity contribution in [3.8, 4) is 44.9 Å². The van der Waals surface area contributed by atoms with Crippen LogP contribution >= 0.6 is 0 Å². The minimum absolute atomic E-state index is 0.848. The summed E-state index contributed by atoms with van der Waals surface area (Å²) in [6, 6.07) is 42.3. The topological polar surface area (TPSA) is 26.3 Å². The summed E-state index contributed by atoms with van der Waals surface area (Å²) in [4.78, 5) is 0. The predicted octanol–water partition coefficient (Wildman–Crippen LogP) is 10.5. The molecule has 0 fully saturated rings. The van der Waals surface area contributed by atoms with Gasteiger partial charge in [0, 0.05) is 33.0 Å². The van der Waals surface area contributed by atoms with Gasteiger partial charge in [-0.05, 0) is 37.1 Å². The van der Waals surface area contributed by atoms with Crippen LogP contribution in [0.1, 0.15) is 11.1 Å². The standard InChI is InChI=1S/C36H26O2/c1-23-13-17-25(18-14-23)33-29-21-32-30(22-31(29)37-35(33)27-9-5-3-6-10-27)34(26-19-15-24(2)16-20-26)36(38-32)28-11-7-4-8-12-28/h3-22H,1-2H3. The number of aryl methyl sites for hydroxylation is 2. The van der Waals surface area contributed by atoms with Gasteiger partial charge in [-0.1, -0.05) is 120 Å². The maximum Gasteiger partial charge on any atom is 0.143 e. The Balaban J connectivity index is 1.55. The summed E-state index contributed by atoms with van der Waals surface area (Å²) in [6.45, 7) is 4.22. The second-order valence-corrected chi connectivity index (χ2v) is 9.92. The summed E-state index contributed by atoms with van der Waals surface area (Å²) in [5, 5.41) is 2.09. The van der Waals surface area contributed by atoms with Gasteiger partial charge < -0.3 is 8.83 Å². The van der Waals surface area contributed by atoms with Crippen molar-refractivity contribution in [2.24, 2.45) is 0 Å². The Hall–Kier alpha value is -4.82. The van der Waals surface area contributed by atoms with E-state index in [1.165, 1.54) is 11.1 Å². The lowest BCUT2D eigenvalue weighted by Gasteiger charge is -2.05. The van der Waals surface area contributed by atoms with Crippen LogP contribution in [-0.2, 0) is 0 Å². The molecule has 2 aromatic heterocycles. The second kappa shape index (κ2) is 8.93. The first kappa shape index (κ1) is 22.4. The van der Waals surface area contributed by atoms with Crippen molar-refractivity contribution in [2.75, 3.05) is 0 Å². The Labute approximate surface area is 221 Å². The number of hydrogen-bond acceptors (Lipinski definition) is 2. The molecule has 0 unspecified atom stereocenters. The molecule has 182 valence electrons. The van der Waals surface area contributed by atoms with Crippen molar-refractivity contribution in [2.45, 2.75) is 13.8 Å². The van der Waals surface area contributed by atoms with Gasteiger partial charge in [-0.2, -0.15) is 0 Å². The number of hydrogen-bond donors (Lipinski definition) is 0. The van der Waals surface area contributed by atoms with E-state index in [4.69, 9.17) is 8.83 Å². The first-order valence-electron chi connectivity index (χ1n) is 12.9. The maximum absolute atomic E-state index is 6.66. The van der Waals surface area contributed by atoms with Crippen LogP contribution in [0.4, 0.5) is 0 Å². The van der Waals surface area contributed by atoms with Gasteiger partial charge in [0.2, 0.25) is 0 Å². The molecule has 2 nitrogen and oxygen atoms in total. The Kier molecular flexibility index (Phi) is 5.26. The van der Waals surface area contributed by atoms with E-state index < -0.39 is 0 Å². The van der Waals surface area contributed by atoms with Gasteiger partial charge in [0.15, 0.2) is 0 Å². The van der Waals surface area contributed by atoms with Gasteiger partial charge in [0.1, 0.15) is 22.7 Å². The van der Waals surface area contributed by atoms with Gasteiger partial charge in [-0.3, -0.25) is 0 Å². The van der Waals surface area contributed by atoms with E-state index in [1.807, 2.05) is 12.1 Å². The van der Waals surface area contributed by atoms with Crippen LogP contribution in [0.25, 0.3) is 66.8 Å². The molecule has 0 aliphatic rings. The summed E-state index contributed by atoms with van der Waals surface area (Å²) in [5.74, 6) is 1.74. The van der Waals surface area contributed by atoms with E-state index >= 15 is 0 Å². The molecule has 38 heavy (non-hydrogen) atoms. The Morgan fingerprint density at radius 2 is 0.763 bits per heavy atom. The largest absolute Gasteiger partial charge is 0.455 e. The molecule has 0 bridgehead atoms. The first-order valence-corrected chi connectivity index (χ1v) is 12.9. The van der Waals surface area contributed by atoms with Crippen LogP contribution in [0, 0.1) is 13.8 Å². The Bertz CT molecular complexity index is 1740. The number of rotatable bonds is 4. The third-order valence-electron chi connectivity index (χ3n) is 7.25. The van der Waals surface area contributed by atoms with Crippen molar-refractivity contribution in [3.63, 3.8) is 0 Å². The molecule has 2 heterocycles. The summed E-state index contributed by atoms with van der Waals surface area (Å²) in [6.07, 6.45) is 0. The summed E-state index contributed by atoms with van der Waals surface area (Å²) < 4.78 is 13.3. The fraction of sp³-hybridized carbons (Fsp3) is 0.0556. The lowest BCUT2D eigenvalue weighted by Crippen LogP contribution is -1.82. The predicted molar refractivity (Wildman–Crippen MR) is 157 cm³/mol. The Morgan fingerprint density at radius 1 is 0.395 bits per heavy atom. The molecule has 0 saturated carbocycles. The Morgan fingerprint density at radius 3 is 1.13 bits per heavy atom. The average molecular weight is 491 g/mol. The minimum Gasteiger partial charge on any atom is -0.455 e. The van der Waals surface area contributed by atoms with E-state index in [0.717, 1.165) is 66.8 Å². The van der Waals surface area contributed by atoms with Crippen molar-refractivity contribution in [1.82, 2.24) is 0 Å². The third kappa shape index (κ3) is 3.74. The minimum atomic E-state index is 0.848. The van der Waals surface area contributed by atoms with Crippen molar-refractivity contribution in [3.05, 3.63) is 132 Å². The fourth-order valence-electron chi connectivity index (χ4n) is 5.29. The molecule has 7 aromatic rings. The fourth-order valence-corrected chi connectivity index (χ4v) is 5.29. The van der Waals surface area contributed by atoms with E-state index in [0.29, 0.717) is 0 Å². The summed E-state index contributed by atoms with van der Waals surface area (Å²) in [5.41, 5.74) is 10.7. The van der Waals surface area contributed by atoms with E-state index in [2.05, 4.69) is 123 Å². The molecule has 5 aromatic carbocycles. The van der Waals surface area contributed by atoms with Gasteiger partial charge in [-0.15, -0.1) is 0 Å². The number of fused-ring (bicyclic) bond motifs is 2. The SMILES string of the molecule is Cc1ccc(-c2c(-c3ccccc3)oc3cc4c(-c5ccc(C)cc5)c(-c5ccccc5)oc4cc23)cc1. The molecule has 2 heteroatoms. The highest BCUT2D eigenvalue weighted by atomic mass is 16.3. The second-order valence-electron chi connectivity index (χ2n) is 9.92. The molecule has 0 N–H and O–H groups in total. The normalized spacial score (nSPS) is 11.4. The zero-order valence-corrected chi connectivity index (χ0v) is 21.4. The molecule has 0 radical (unpaired) electrons. The lowest BCUT2D eigenvalue weighted by molar-refractivity contribution is 0.628. The third-order valence-corrected chi connectivity index (χ3v) is 7.25. The zero-order chi connectivity index (χ0) is 25.6. The van der Waals surface area contributed by atoms with Gasteiger partial charge >= 0.3 is 0 Å². The highest BCUT2D eigenvalue weighted by molar-refractivity contribution is 6.11. The van der Waals surface area contributed by atoms with Crippen LogP contribution in [0.3, 0.4) is 0 Å². The molecule has 0 aliphatic heterocycles. The van der Waals surface area contributed by atoms with E-state index in [9.17, 15) is 0 Å². The lowest BCUT2D eigenvalue weighted by atomic mass is 9.95. The summed E-state index contributed by atoms with van der Waals surface area (Å²) >= 11 is 0. The molecular formula is C36H26O2.